The van der Waals surface area contributed by atoms with Gasteiger partial charge in [-0.05, 0) is 36.1 Å². The fourth-order valence-corrected chi connectivity index (χ4v) is 3.92. The fraction of sp³-hybridized carbons (Fsp3) is 0.192. The van der Waals surface area contributed by atoms with Crippen molar-refractivity contribution in [2.45, 2.75) is 19.1 Å². The van der Waals surface area contributed by atoms with Gasteiger partial charge in [-0.3, -0.25) is 0 Å². The summed E-state index contributed by atoms with van der Waals surface area (Å²) in [6.07, 6.45) is 1.12. The van der Waals surface area contributed by atoms with Crippen LogP contribution in [0.25, 0.3) is 21.5 Å². The highest BCUT2D eigenvalue weighted by Gasteiger charge is 2.21. The summed E-state index contributed by atoms with van der Waals surface area (Å²) in [5.74, 6) is -1.83. The zero-order valence-electron chi connectivity index (χ0n) is 19.5. The van der Waals surface area contributed by atoms with E-state index in [0.29, 0.717) is 31.0 Å². The lowest BCUT2D eigenvalue weighted by Crippen LogP contribution is -2.42. The van der Waals surface area contributed by atoms with Crippen molar-refractivity contribution in [3.63, 3.8) is 0 Å². The van der Waals surface area contributed by atoms with Crippen LogP contribution in [0.5, 0.6) is 5.75 Å². The predicted octanol–water partition coefficient (Wildman–Crippen LogP) is 4.19. The van der Waals surface area contributed by atoms with E-state index < -0.39 is 17.5 Å². The zero-order chi connectivity index (χ0) is 26.0. The third-order valence-electron chi connectivity index (χ3n) is 4.78. The van der Waals surface area contributed by atoms with E-state index in [4.69, 9.17) is 19.5 Å². The highest BCUT2D eigenvalue weighted by molar-refractivity contribution is 7.17. The Hall–Kier alpha value is -3.99. The molecule has 4 N–H and O–H groups in total. The van der Waals surface area contributed by atoms with E-state index in [1.807, 2.05) is 53.9 Å². The van der Waals surface area contributed by atoms with E-state index in [1.165, 1.54) is 5.56 Å². The molecule has 188 valence electrons. The number of carboxylic acids is 2. The van der Waals surface area contributed by atoms with E-state index in [-0.39, 0.29) is 6.61 Å². The van der Waals surface area contributed by atoms with Crippen molar-refractivity contribution in [2.24, 2.45) is 0 Å². The number of aliphatic carboxylic acids is 2. The molecule has 0 bridgehead atoms. The Labute approximate surface area is 211 Å². The Morgan fingerprint density at radius 1 is 1.08 bits per heavy atom. The molecule has 36 heavy (non-hydrogen) atoms. The van der Waals surface area contributed by atoms with Gasteiger partial charge >= 0.3 is 11.9 Å². The molecule has 0 spiro atoms. The van der Waals surface area contributed by atoms with E-state index in [1.54, 1.807) is 18.3 Å². The van der Waals surface area contributed by atoms with Crippen LogP contribution in [0.2, 0.25) is 0 Å². The maximum Gasteiger partial charge on any atom is 0.328 e. The largest absolute Gasteiger partial charge is 0.491 e. The number of carboxylic acid groups (broad SMARTS) is 2. The van der Waals surface area contributed by atoms with Crippen LogP contribution in [0.1, 0.15) is 12.5 Å². The van der Waals surface area contributed by atoms with Gasteiger partial charge in [-0.2, -0.15) is 0 Å². The first kappa shape index (κ1) is 26.6. The lowest BCUT2D eigenvalue weighted by Gasteiger charge is -2.24. The van der Waals surface area contributed by atoms with Crippen LogP contribution < -0.4 is 10.1 Å². The predicted molar refractivity (Wildman–Crippen MR) is 136 cm³/mol. The van der Waals surface area contributed by atoms with Gasteiger partial charge in [0, 0.05) is 30.8 Å². The molecule has 2 aromatic carbocycles. The van der Waals surface area contributed by atoms with Gasteiger partial charge < -0.3 is 29.9 Å². The molecular formula is C26H26N2O7S. The first-order valence-electron chi connectivity index (χ1n) is 10.9. The molecule has 2 aromatic heterocycles. The van der Waals surface area contributed by atoms with Crippen molar-refractivity contribution in [3.05, 3.63) is 83.8 Å². The van der Waals surface area contributed by atoms with Crippen LogP contribution in [-0.2, 0) is 16.1 Å². The first-order valence-corrected chi connectivity index (χ1v) is 11.8. The van der Waals surface area contributed by atoms with Crippen molar-refractivity contribution in [1.82, 2.24) is 10.5 Å². The normalized spacial score (nSPS) is 12.6. The van der Waals surface area contributed by atoms with Gasteiger partial charge in [0.2, 0.25) is 0 Å². The van der Waals surface area contributed by atoms with Gasteiger partial charge in [-0.25, -0.2) is 9.59 Å². The number of aromatic nitrogens is 1. The van der Waals surface area contributed by atoms with Crippen LogP contribution >= 0.6 is 11.3 Å². The van der Waals surface area contributed by atoms with Gasteiger partial charge in [0.25, 0.3) is 0 Å². The number of ether oxygens (including phenoxy) is 1. The molecule has 4 rings (SSSR count). The number of nitrogens with one attached hydrogen (secondary N) is 1. The number of aliphatic hydroxyl groups is 1. The van der Waals surface area contributed by atoms with Crippen LogP contribution in [0.3, 0.4) is 0 Å². The van der Waals surface area contributed by atoms with Gasteiger partial charge in [-0.15, -0.1) is 11.3 Å². The number of thiophene rings is 1. The molecule has 1 atom stereocenters. The molecule has 4 aromatic rings. The zero-order valence-corrected chi connectivity index (χ0v) is 20.3. The molecule has 10 heteroatoms. The number of hydrogen-bond donors (Lipinski definition) is 4. The molecule has 0 saturated carbocycles. The van der Waals surface area contributed by atoms with E-state index in [2.05, 4.69) is 22.6 Å². The summed E-state index contributed by atoms with van der Waals surface area (Å²) in [5.41, 5.74) is 2.73. The lowest BCUT2D eigenvalue weighted by molar-refractivity contribution is -0.134. The van der Waals surface area contributed by atoms with Gasteiger partial charge in [-0.1, -0.05) is 47.6 Å². The van der Waals surface area contributed by atoms with Gasteiger partial charge in [0.1, 0.15) is 28.4 Å². The second kappa shape index (κ2) is 12.6. The molecule has 0 fully saturated rings. The summed E-state index contributed by atoms with van der Waals surface area (Å²) in [6.45, 7) is 3.09. The molecule has 0 saturated heterocycles. The molecule has 0 unspecified atom stereocenters. The number of carbonyl (C=O) groups is 2. The summed E-state index contributed by atoms with van der Waals surface area (Å²) in [7, 11) is 0. The molecule has 0 aliphatic carbocycles. The van der Waals surface area contributed by atoms with Crippen LogP contribution in [0.4, 0.5) is 0 Å². The molecule has 9 nitrogen and oxygen atoms in total. The number of fused-ring (bicyclic) bond motifs is 1. The standard InChI is InChI=1S/C22H22N2O3S.C4H4O4/c1-22(25,14-23-13-16-6-3-2-4-7-16)15-26-18-9-5-8-17(12-18)20-21-19(27-24-20)10-11-28-21;5-3(6)1-2-4(7)8/h2-12,23,25H,13-15H2,1H3;1-2H,(H,5,6)(H,7,8)/b;2-1-/t22-;/m0./s1. The average Bonchev–Trinajstić information content (AvgIpc) is 3.47. The Balaban J connectivity index is 0.000000392. The van der Waals surface area contributed by atoms with Crippen molar-refractivity contribution in [2.75, 3.05) is 13.2 Å². The number of hydrogen-bond acceptors (Lipinski definition) is 8. The minimum atomic E-state index is -1.26. The Morgan fingerprint density at radius 2 is 1.81 bits per heavy atom. The summed E-state index contributed by atoms with van der Waals surface area (Å²) < 4.78 is 12.2. The molecule has 0 aliphatic heterocycles. The summed E-state index contributed by atoms with van der Waals surface area (Å²) in [5, 5.41) is 35.7. The van der Waals surface area contributed by atoms with Crippen LogP contribution in [0.15, 0.2) is 82.7 Å². The van der Waals surface area contributed by atoms with Crippen LogP contribution in [-0.4, -0.2) is 51.2 Å². The van der Waals surface area contributed by atoms with Gasteiger partial charge in [0.05, 0.1) is 0 Å². The Morgan fingerprint density at radius 3 is 2.50 bits per heavy atom. The lowest BCUT2D eigenvalue weighted by atomic mass is 10.1. The average molecular weight is 511 g/mol. The SMILES string of the molecule is C[C@](O)(CNCc1ccccc1)COc1cccc(-c2noc3ccsc23)c1.O=C(O)/C=C\C(=O)O. The Bertz CT molecular complexity index is 1300. The maximum absolute atomic E-state index is 10.6. The van der Waals surface area contributed by atoms with Gasteiger partial charge in [0.15, 0.2) is 5.58 Å². The maximum atomic E-state index is 10.6. The highest BCUT2D eigenvalue weighted by Crippen LogP contribution is 2.33. The molecule has 0 radical (unpaired) electrons. The topological polar surface area (TPSA) is 142 Å². The van der Waals surface area contributed by atoms with Crippen molar-refractivity contribution in [3.8, 4) is 17.0 Å². The molecule has 0 aliphatic rings. The first-order chi connectivity index (χ1) is 17.2. The molecule has 2 heterocycles. The van der Waals surface area contributed by atoms with Crippen molar-refractivity contribution < 1.29 is 34.2 Å². The fourth-order valence-electron chi connectivity index (χ4n) is 3.10. The second-order valence-corrected chi connectivity index (χ2v) is 8.97. The van der Waals surface area contributed by atoms with E-state index in [9.17, 15) is 14.7 Å². The van der Waals surface area contributed by atoms with E-state index >= 15 is 0 Å². The van der Waals surface area contributed by atoms with Crippen LogP contribution in [0, 0.1) is 0 Å². The minimum Gasteiger partial charge on any atom is -0.491 e. The van der Waals surface area contributed by atoms with Crippen molar-refractivity contribution >= 4 is 33.6 Å². The summed E-state index contributed by atoms with van der Waals surface area (Å²) in [6, 6.07) is 19.7. The highest BCUT2D eigenvalue weighted by atomic mass is 32.1. The monoisotopic (exact) mass is 510 g/mol. The van der Waals surface area contributed by atoms with Crippen molar-refractivity contribution in [1.29, 1.82) is 0 Å². The summed E-state index contributed by atoms with van der Waals surface area (Å²) in [4.78, 5) is 19.1. The minimum absolute atomic E-state index is 0.186. The Kier molecular flexibility index (Phi) is 9.34. The summed E-state index contributed by atoms with van der Waals surface area (Å²) >= 11 is 1.60. The smallest absolute Gasteiger partial charge is 0.328 e. The molecule has 0 amide bonds. The number of benzene rings is 2. The third-order valence-corrected chi connectivity index (χ3v) is 5.69. The third kappa shape index (κ3) is 8.35. The number of nitrogens with zero attached hydrogens (tertiary/aromatic N) is 1. The second-order valence-electron chi connectivity index (χ2n) is 8.06. The number of rotatable bonds is 10. The quantitative estimate of drug-likeness (QED) is 0.231. The molecular weight excluding hydrogens is 484 g/mol. The van der Waals surface area contributed by atoms with E-state index in [0.717, 1.165) is 21.5 Å².